The Morgan fingerprint density at radius 1 is 1.50 bits per heavy atom. The van der Waals surface area contributed by atoms with Gasteiger partial charge in [0, 0.05) is 5.56 Å². The number of methoxy groups -OCH3 is 1. The summed E-state index contributed by atoms with van der Waals surface area (Å²) >= 11 is 2.25. The average Bonchev–Trinajstić information content (AvgIpc) is 2.46. The van der Waals surface area contributed by atoms with E-state index in [1.807, 2.05) is 6.07 Å². The highest BCUT2D eigenvalue weighted by Gasteiger charge is 2.13. The summed E-state index contributed by atoms with van der Waals surface area (Å²) in [5.74, 6) is 1.49. The summed E-state index contributed by atoms with van der Waals surface area (Å²) < 4.78 is 12.0. The van der Waals surface area contributed by atoms with E-state index in [0.29, 0.717) is 6.61 Å². The van der Waals surface area contributed by atoms with Crippen LogP contribution in [0.2, 0.25) is 0 Å². The molecule has 1 aromatic rings. The van der Waals surface area contributed by atoms with Crippen LogP contribution in [0.1, 0.15) is 18.9 Å². The van der Waals surface area contributed by atoms with Gasteiger partial charge in [-0.1, -0.05) is 19.6 Å². The second kappa shape index (κ2) is 9.20. The van der Waals surface area contributed by atoms with Gasteiger partial charge in [0.15, 0.2) is 11.5 Å². The second-order valence-corrected chi connectivity index (χ2v) is 5.66. The molecule has 20 heavy (non-hydrogen) atoms. The number of hydrogen-bond acceptors (Lipinski definition) is 3. The molecule has 0 amide bonds. The molecule has 1 rings (SSSR count). The fourth-order valence-electron chi connectivity index (χ4n) is 1.85. The molecule has 0 bridgehead atoms. The molecule has 0 spiro atoms. The van der Waals surface area contributed by atoms with Crippen molar-refractivity contribution in [3.8, 4) is 11.5 Å². The molecule has 0 aliphatic rings. The number of aliphatic hydroxyl groups is 1. The molecule has 1 aromatic carbocycles. The van der Waals surface area contributed by atoms with Gasteiger partial charge in [-0.15, -0.1) is 0 Å². The summed E-state index contributed by atoms with van der Waals surface area (Å²) in [7, 11) is 1.64. The number of rotatable bonds is 9. The minimum atomic E-state index is 0.200. The number of nitrogens with two attached hydrogens (primary N) is 1. The molecule has 0 fully saturated rings. The number of ether oxygens (including phenoxy) is 2. The third-order valence-electron chi connectivity index (χ3n) is 3.08. The fraction of sp³-hybridized carbons (Fsp3) is 0.467. The summed E-state index contributed by atoms with van der Waals surface area (Å²) in [4.78, 5) is 0. The highest BCUT2D eigenvalue weighted by atomic mass is 127. The van der Waals surface area contributed by atoms with Crippen molar-refractivity contribution < 1.29 is 19.9 Å². The Morgan fingerprint density at radius 3 is 2.80 bits per heavy atom. The Hall–Kier alpha value is -0.790. The van der Waals surface area contributed by atoms with Gasteiger partial charge in [0.05, 0.1) is 17.3 Å². The molecule has 0 heterocycles. The van der Waals surface area contributed by atoms with Crippen LogP contribution in [0.25, 0.3) is 0 Å². The molecule has 0 saturated carbocycles. The van der Waals surface area contributed by atoms with Crippen molar-refractivity contribution in [1.82, 2.24) is 0 Å². The number of benzene rings is 1. The van der Waals surface area contributed by atoms with Gasteiger partial charge in [0.1, 0.15) is 19.2 Å². The van der Waals surface area contributed by atoms with Crippen molar-refractivity contribution in [1.29, 1.82) is 0 Å². The minimum absolute atomic E-state index is 0.200. The number of halogens is 1. The molecular weight excluding hydrogens is 369 g/mol. The molecular formula is C15H23INO3+. The van der Waals surface area contributed by atoms with Gasteiger partial charge in [0.25, 0.3) is 0 Å². The van der Waals surface area contributed by atoms with E-state index in [1.54, 1.807) is 13.2 Å². The number of quaternary nitrogens is 1. The maximum Gasteiger partial charge on any atom is 0.174 e. The van der Waals surface area contributed by atoms with Crippen LogP contribution < -0.4 is 14.8 Å². The molecule has 4 nitrogen and oxygen atoms in total. The van der Waals surface area contributed by atoms with Crippen molar-refractivity contribution in [2.45, 2.75) is 25.9 Å². The van der Waals surface area contributed by atoms with Crippen molar-refractivity contribution in [2.24, 2.45) is 0 Å². The van der Waals surface area contributed by atoms with Crippen LogP contribution in [0, 0.1) is 3.57 Å². The van der Waals surface area contributed by atoms with Crippen LogP contribution in [0.5, 0.6) is 11.5 Å². The number of hydrogen-bond donors (Lipinski definition) is 2. The van der Waals surface area contributed by atoms with Crippen LogP contribution >= 0.6 is 22.6 Å². The van der Waals surface area contributed by atoms with Crippen LogP contribution in [-0.4, -0.2) is 31.5 Å². The lowest BCUT2D eigenvalue weighted by Gasteiger charge is -2.15. The number of aliphatic hydroxyl groups excluding tert-OH is 1. The lowest BCUT2D eigenvalue weighted by atomic mass is 10.1. The monoisotopic (exact) mass is 392 g/mol. The zero-order valence-electron chi connectivity index (χ0n) is 12.1. The van der Waals surface area contributed by atoms with Crippen LogP contribution in [0.3, 0.4) is 0 Å². The Labute approximate surface area is 134 Å². The molecule has 0 unspecified atom stereocenters. The third-order valence-corrected chi connectivity index (χ3v) is 3.88. The first-order valence-electron chi connectivity index (χ1n) is 6.70. The van der Waals surface area contributed by atoms with Crippen molar-refractivity contribution in [2.75, 3.05) is 20.3 Å². The topological polar surface area (TPSA) is 55.3 Å². The van der Waals surface area contributed by atoms with E-state index in [4.69, 9.17) is 9.47 Å². The second-order valence-electron chi connectivity index (χ2n) is 4.50. The molecule has 1 atom stereocenters. The van der Waals surface area contributed by atoms with Crippen molar-refractivity contribution >= 4 is 22.6 Å². The van der Waals surface area contributed by atoms with Crippen LogP contribution in [0.4, 0.5) is 0 Å². The molecule has 0 saturated heterocycles. The molecule has 0 aliphatic heterocycles. The van der Waals surface area contributed by atoms with E-state index in [9.17, 15) is 5.11 Å². The summed E-state index contributed by atoms with van der Waals surface area (Å²) in [6, 6.07) is 4.32. The minimum Gasteiger partial charge on any atom is -0.493 e. The van der Waals surface area contributed by atoms with Crippen LogP contribution in [-0.2, 0) is 6.54 Å². The maximum absolute atomic E-state index is 9.21. The molecule has 5 heteroatoms. The Morgan fingerprint density at radius 2 is 2.25 bits per heavy atom. The predicted octanol–water partition coefficient (Wildman–Crippen LogP) is 1.70. The van der Waals surface area contributed by atoms with Gasteiger partial charge in [-0.05, 0) is 41.1 Å². The maximum atomic E-state index is 9.21. The van der Waals surface area contributed by atoms with E-state index in [2.05, 4.69) is 47.5 Å². The van der Waals surface area contributed by atoms with Crippen LogP contribution in [0.15, 0.2) is 24.8 Å². The van der Waals surface area contributed by atoms with Gasteiger partial charge in [0.2, 0.25) is 0 Å². The summed E-state index contributed by atoms with van der Waals surface area (Å²) in [6.45, 7) is 7.20. The molecule has 3 N–H and O–H groups in total. The Kier molecular flexibility index (Phi) is 7.94. The SMILES string of the molecule is C=CCOc1c(I)cc(C[NH2+][C@@H](CC)CO)cc1OC. The average molecular weight is 392 g/mol. The molecule has 0 radical (unpaired) electrons. The first-order valence-corrected chi connectivity index (χ1v) is 7.78. The van der Waals surface area contributed by atoms with Gasteiger partial charge in [-0.2, -0.15) is 0 Å². The quantitative estimate of drug-likeness (QED) is 0.497. The van der Waals surface area contributed by atoms with E-state index in [0.717, 1.165) is 33.6 Å². The third kappa shape index (κ3) is 4.96. The highest BCUT2D eigenvalue weighted by Crippen LogP contribution is 2.33. The largest absolute Gasteiger partial charge is 0.493 e. The lowest BCUT2D eigenvalue weighted by Crippen LogP contribution is -2.89. The van der Waals surface area contributed by atoms with E-state index in [1.165, 1.54) is 0 Å². The Balaban J connectivity index is 2.84. The standard InChI is InChI=1S/C15H22INO3/c1-4-6-20-15-13(16)7-11(8-14(15)19-3)9-17-12(5-2)10-18/h4,7-8,12,17-18H,1,5-6,9-10H2,2-3H3/p+1/t12-/m0/s1. The molecule has 0 aromatic heterocycles. The predicted molar refractivity (Wildman–Crippen MR) is 88.2 cm³/mol. The summed E-state index contributed by atoms with van der Waals surface area (Å²) in [5.41, 5.74) is 1.16. The van der Waals surface area contributed by atoms with Gasteiger partial charge in [-0.25, -0.2) is 0 Å². The van der Waals surface area contributed by atoms with E-state index < -0.39 is 0 Å². The molecule has 112 valence electrons. The zero-order valence-corrected chi connectivity index (χ0v) is 14.2. The normalized spacial score (nSPS) is 12.0. The van der Waals surface area contributed by atoms with Crippen molar-refractivity contribution in [3.05, 3.63) is 33.9 Å². The van der Waals surface area contributed by atoms with E-state index in [-0.39, 0.29) is 12.6 Å². The smallest absolute Gasteiger partial charge is 0.174 e. The molecule has 0 aliphatic carbocycles. The van der Waals surface area contributed by atoms with Gasteiger partial charge in [-0.3, -0.25) is 0 Å². The Bertz CT molecular complexity index is 433. The summed E-state index contributed by atoms with van der Waals surface area (Å²) in [6.07, 6.45) is 2.66. The fourth-order valence-corrected chi connectivity index (χ4v) is 2.67. The van der Waals surface area contributed by atoms with Gasteiger partial charge >= 0.3 is 0 Å². The zero-order chi connectivity index (χ0) is 15.0. The van der Waals surface area contributed by atoms with Gasteiger partial charge < -0.3 is 19.9 Å². The first kappa shape index (κ1) is 17.3. The first-order chi connectivity index (χ1) is 9.65. The summed E-state index contributed by atoms with van der Waals surface area (Å²) in [5, 5.41) is 11.4. The van der Waals surface area contributed by atoms with E-state index >= 15 is 0 Å². The van der Waals surface area contributed by atoms with Crippen molar-refractivity contribution in [3.63, 3.8) is 0 Å². The highest BCUT2D eigenvalue weighted by molar-refractivity contribution is 14.1. The lowest BCUT2D eigenvalue weighted by molar-refractivity contribution is -0.706.